The molecule has 3 fully saturated rings. The fourth-order valence-corrected chi connectivity index (χ4v) is 8.60. The predicted octanol–water partition coefficient (Wildman–Crippen LogP) is 5.12. The maximum atomic E-state index is 11.1. The van der Waals surface area contributed by atoms with Gasteiger partial charge in [-0.3, -0.25) is 5.21 Å². The molecule has 0 unspecified atom stereocenters. The number of nitrogens with zero attached hydrogens (tertiary/aromatic N) is 7. The highest BCUT2D eigenvalue weighted by Crippen LogP contribution is 2.45. The van der Waals surface area contributed by atoms with Gasteiger partial charge in [0, 0.05) is 51.4 Å². The molecule has 0 aliphatic carbocycles. The van der Waals surface area contributed by atoms with Gasteiger partial charge < -0.3 is 25.8 Å². The summed E-state index contributed by atoms with van der Waals surface area (Å²) in [6.45, 7) is 24.4. The molecule has 4 rings (SSSR count). The number of hydrogen-bond acceptors (Lipinski definition) is 13. The van der Waals surface area contributed by atoms with Crippen molar-refractivity contribution in [2.75, 3.05) is 15.7 Å². The van der Waals surface area contributed by atoms with Crippen LogP contribution < -0.4 is 15.7 Å². The highest BCUT2D eigenvalue weighted by atomic mass is 16.5. The zero-order chi connectivity index (χ0) is 32.6. The van der Waals surface area contributed by atoms with Gasteiger partial charge in [0.05, 0.1) is 0 Å². The molecular weight excluding hydrogens is 550 g/mol. The van der Waals surface area contributed by atoms with E-state index in [9.17, 15) is 20.8 Å². The van der Waals surface area contributed by atoms with Crippen LogP contribution in [-0.4, -0.2) is 102 Å². The standard InChI is InChI=1S/C30H57N9O4/c1-25(2)13-19(14-26(3,4)37(25)41)31-22-32-23(35-40)34-24(33-22)36(20-15-27(5,6)38(42)28(7,8)16-20)21-17-29(9,10)39(43)30(11,12)18-21/h19-21,40-43H,13-18H2,1-12H3,(H2,31,32,33,34,35). The van der Waals surface area contributed by atoms with E-state index in [-0.39, 0.29) is 24.1 Å². The topological polar surface area (TPSA) is 157 Å². The van der Waals surface area contributed by atoms with E-state index in [0.717, 1.165) is 0 Å². The molecule has 1 aromatic heterocycles. The predicted molar refractivity (Wildman–Crippen MR) is 166 cm³/mol. The SMILES string of the molecule is CC1(C)CC(Nc2nc(NO)nc(N(C3CC(C)(C)N(O)C(C)(C)C3)C3CC(C)(C)N(O)C(C)(C)C3)n2)CC(C)(C)N1O. The van der Waals surface area contributed by atoms with Crippen molar-refractivity contribution in [3.05, 3.63) is 0 Å². The van der Waals surface area contributed by atoms with Gasteiger partial charge in [-0.1, -0.05) is 0 Å². The molecule has 0 radical (unpaired) electrons. The van der Waals surface area contributed by atoms with Gasteiger partial charge in [-0.05, 0) is 122 Å². The molecule has 246 valence electrons. The largest absolute Gasteiger partial charge is 0.351 e. The zero-order valence-corrected chi connectivity index (χ0v) is 28.4. The number of piperidine rings is 3. The lowest BCUT2D eigenvalue weighted by Gasteiger charge is -2.58. The van der Waals surface area contributed by atoms with Crippen molar-refractivity contribution in [3.8, 4) is 0 Å². The average molecular weight is 608 g/mol. The third-order valence-corrected chi connectivity index (χ3v) is 9.95. The summed E-state index contributed by atoms with van der Waals surface area (Å²) >= 11 is 0. The van der Waals surface area contributed by atoms with E-state index in [1.807, 2.05) is 83.1 Å². The number of nitrogens with one attached hydrogen (secondary N) is 2. The molecule has 0 saturated carbocycles. The first-order valence-electron chi connectivity index (χ1n) is 15.6. The van der Waals surface area contributed by atoms with Crippen LogP contribution in [0.15, 0.2) is 0 Å². The lowest BCUT2D eigenvalue weighted by atomic mass is 9.75. The van der Waals surface area contributed by atoms with E-state index in [0.29, 0.717) is 50.4 Å². The normalized spacial score (nSPS) is 28.0. The molecule has 43 heavy (non-hydrogen) atoms. The Morgan fingerprint density at radius 3 is 1.23 bits per heavy atom. The monoisotopic (exact) mass is 607 g/mol. The number of hydrogen-bond donors (Lipinski definition) is 6. The lowest BCUT2D eigenvalue weighted by Crippen LogP contribution is -2.67. The smallest absolute Gasteiger partial charge is 0.253 e. The molecule has 6 N–H and O–H groups in total. The molecule has 0 amide bonds. The fraction of sp³-hybridized carbons (Fsp3) is 0.900. The Hall–Kier alpha value is -1.87. The molecule has 0 atom stereocenters. The second-order valence-electron chi connectivity index (χ2n) is 17.0. The quantitative estimate of drug-likeness (QED) is 0.237. The summed E-state index contributed by atoms with van der Waals surface area (Å²) in [5.41, 5.74) is -0.861. The Balaban J connectivity index is 1.79. The molecule has 3 aliphatic rings. The number of rotatable bonds is 6. The van der Waals surface area contributed by atoms with Crippen molar-refractivity contribution in [3.63, 3.8) is 0 Å². The number of anilines is 3. The Bertz CT molecular complexity index is 1080. The first-order valence-corrected chi connectivity index (χ1v) is 15.6. The fourth-order valence-electron chi connectivity index (χ4n) is 8.60. The Morgan fingerprint density at radius 1 is 0.558 bits per heavy atom. The third-order valence-electron chi connectivity index (χ3n) is 9.95. The first-order chi connectivity index (χ1) is 19.4. The summed E-state index contributed by atoms with van der Waals surface area (Å²) in [5.74, 6) is 0.802. The van der Waals surface area contributed by atoms with Gasteiger partial charge in [-0.15, -0.1) is 0 Å². The second-order valence-corrected chi connectivity index (χ2v) is 17.0. The summed E-state index contributed by atoms with van der Waals surface area (Å²) in [5, 5.41) is 50.9. The van der Waals surface area contributed by atoms with E-state index in [2.05, 4.69) is 20.7 Å². The van der Waals surface area contributed by atoms with Crippen molar-refractivity contribution in [1.29, 1.82) is 0 Å². The molecule has 13 heteroatoms. The van der Waals surface area contributed by atoms with Gasteiger partial charge in [-0.25, -0.2) is 5.48 Å². The maximum Gasteiger partial charge on any atom is 0.253 e. The first kappa shape index (κ1) is 34.0. The zero-order valence-electron chi connectivity index (χ0n) is 28.4. The summed E-state index contributed by atoms with van der Waals surface area (Å²) in [4.78, 5) is 16.4. The minimum absolute atomic E-state index is 0.0327. The highest BCUT2D eigenvalue weighted by molar-refractivity contribution is 5.46. The van der Waals surface area contributed by atoms with Crippen LogP contribution >= 0.6 is 0 Å². The molecule has 0 bridgehead atoms. The van der Waals surface area contributed by atoms with E-state index in [1.165, 1.54) is 15.2 Å². The van der Waals surface area contributed by atoms with Gasteiger partial charge in [0.2, 0.25) is 11.9 Å². The van der Waals surface area contributed by atoms with Crippen LogP contribution in [0.3, 0.4) is 0 Å². The van der Waals surface area contributed by atoms with Crippen LogP contribution in [0, 0.1) is 0 Å². The van der Waals surface area contributed by atoms with E-state index >= 15 is 0 Å². The Morgan fingerprint density at radius 2 is 0.884 bits per heavy atom. The molecule has 4 heterocycles. The molecule has 13 nitrogen and oxygen atoms in total. The van der Waals surface area contributed by atoms with Crippen LogP contribution in [0.4, 0.5) is 17.8 Å². The van der Waals surface area contributed by atoms with E-state index in [1.54, 1.807) is 0 Å². The highest BCUT2D eigenvalue weighted by Gasteiger charge is 2.52. The molecule has 3 aliphatic heterocycles. The molecule has 1 aromatic rings. The van der Waals surface area contributed by atoms with Crippen LogP contribution in [-0.2, 0) is 0 Å². The van der Waals surface area contributed by atoms with Gasteiger partial charge in [-0.2, -0.15) is 30.1 Å². The van der Waals surface area contributed by atoms with E-state index in [4.69, 9.17) is 9.97 Å². The van der Waals surface area contributed by atoms with Crippen LogP contribution in [0.25, 0.3) is 0 Å². The van der Waals surface area contributed by atoms with Crippen LogP contribution in [0.1, 0.15) is 122 Å². The maximum absolute atomic E-state index is 11.1. The molecular formula is C30H57N9O4. The molecule has 0 spiro atoms. The minimum Gasteiger partial charge on any atom is -0.351 e. The van der Waals surface area contributed by atoms with E-state index < -0.39 is 33.2 Å². The summed E-state index contributed by atoms with van der Waals surface area (Å²) in [6, 6.07) is -0.130. The van der Waals surface area contributed by atoms with Crippen molar-refractivity contribution >= 4 is 17.8 Å². The summed E-state index contributed by atoms with van der Waals surface area (Å²) in [6.07, 6.45) is 3.94. The Labute approximate surface area is 257 Å². The number of aromatic nitrogens is 3. The lowest BCUT2D eigenvalue weighted by molar-refractivity contribution is -0.251. The van der Waals surface area contributed by atoms with Gasteiger partial charge in [0.1, 0.15) is 0 Å². The van der Waals surface area contributed by atoms with Crippen LogP contribution in [0.5, 0.6) is 0 Å². The van der Waals surface area contributed by atoms with Gasteiger partial charge in [0.15, 0.2) is 0 Å². The van der Waals surface area contributed by atoms with Crippen LogP contribution in [0.2, 0.25) is 0 Å². The van der Waals surface area contributed by atoms with Crippen molar-refractivity contribution in [2.45, 2.75) is 173 Å². The third kappa shape index (κ3) is 6.58. The Kier molecular flexibility index (Phi) is 8.61. The van der Waals surface area contributed by atoms with Crippen molar-refractivity contribution < 1.29 is 20.8 Å². The second kappa shape index (κ2) is 10.9. The molecule has 0 aromatic carbocycles. The molecule has 3 saturated heterocycles. The average Bonchev–Trinajstić information content (AvgIpc) is 2.83. The minimum atomic E-state index is -0.519. The van der Waals surface area contributed by atoms with Crippen molar-refractivity contribution in [2.24, 2.45) is 0 Å². The number of hydroxylamine groups is 6. The van der Waals surface area contributed by atoms with Gasteiger partial charge in [0.25, 0.3) is 5.95 Å². The summed E-state index contributed by atoms with van der Waals surface area (Å²) < 4.78 is 0. The summed E-state index contributed by atoms with van der Waals surface area (Å²) in [7, 11) is 0. The van der Waals surface area contributed by atoms with Crippen molar-refractivity contribution in [1.82, 2.24) is 30.1 Å². The van der Waals surface area contributed by atoms with Gasteiger partial charge >= 0.3 is 0 Å².